The van der Waals surface area contributed by atoms with Crippen LogP contribution in [0.5, 0.6) is 11.6 Å². The lowest BCUT2D eigenvalue weighted by atomic mass is 10.1. The van der Waals surface area contributed by atoms with Crippen molar-refractivity contribution in [3.05, 3.63) is 80.7 Å². The summed E-state index contributed by atoms with van der Waals surface area (Å²) in [7, 11) is 5.31. The standard InChI is InChI=1S/C27H27Cl2FN4O4/c1-15(23-21(28)7-8-22(30)24(23)29)38-18-12-20(26(37-4)31-13-18)25(35)32-17-5-6-19-16(11-17)14-34(27(19)36)10-9-33(2)3/h5-8,11-13,15H,9-10,14H2,1-4H3,(H,32,35)/t15-/m1/s1. The van der Waals surface area contributed by atoms with E-state index in [4.69, 9.17) is 32.7 Å². The second-order valence-electron chi connectivity index (χ2n) is 9.10. The number of aromatic nitrogens is 1. The Hall–Kier alpha value is -3.40. The van der Waals surface area contributed by atoms with Gasteiger partial charge in [-0.3, -0.25) is 9.59 Å². The molecule has 2 heterocycles. The topological polar surface area (TPSA) is 84.0 Å². The third kappa shape index (κ3) is 5.85. The quantitative estimate of drug-likeness (QED) is 0.350. The molecule has 1 N–H and O–H groups in total. The number of nitrogens with zero attached hydrogens (tertiary/aromatic N) is 3. The number of carbonyl (C=O) groups excluding carboxylic acids is 2. The van der Waals surface area contributed by atoms with Crippen molar-refractivity contribution in [1.29, 1.82) is 0 Å². The molecule has 2 amide bonds. The van der Waals surface area contributed by atoms with E-state index in [9.17, 15) is 14.0 Å². The Morgan fingerprint density at radius 1 is 1.24 bits per heavy atom. The highest BCUT2D eigenvalue weighted by atomic mass is 35.5. The molecule has 0 saturated carbocycles. The number of benzene rings is 2. The van der Waals surface area contributed by atoms with Crippen LogP contribution in [-0.4, -0.2) is 60.9 Å². The molecule has 0 aliphatic carbocycles. The number of halogens is 3. The highest BCUT2D eigenvalue weighted by molar-refractivity contribution is 6.36. The van der Waals surface area contributed by atoms with Crippen LogP contribution in [0, 0.1) is 5.82 Å². The summed E-state index contributed by atoms with van der Waals surface area (Å²) in [4.78, 5) is 33.9. The van der Waals surface area contributed by atoms with Gasteiger partial charge >= 0.3 is 0 Å². The summed E-state index contributed by atoms with van der Waals surface area (Å²) in [5.74, 6) is -0.802. The first kappa shape index (κ1) is 27.6. The fourth-order valence-corrected chi connectivity index (χ4v) is 4.84. The van der Waals surface area contributed by atoms with Crippen molar-refractivity contribution in [1.82, 2.24) is 14.8 Å². The molecule has 0 fully saturated rings. The fourth-order valence-electron chi connectivity index (χ4n) is 4.16. The van der Waals surface area contributed by atoms with E-state index in [1.807, 2.05) is 19.0 Å². The number of amides is 2. The van der Waals surface area contributed by atoms with E-state index in [0.717, 1.165) is 12.1 Å². The first-order chi connectivity index (χ1) is 18.1. The molecule has 8 nitrogen and oxygen atoms in total. The van der Waals surface area contributed by atoms with Gasteiger partial charge in [0.25, 0.3) is 11.8 Å². The third-order valence-electron chi connectivity index (χ3n) is 6.12. The van der Waals surface area contributed by atoms with Gasteiger partial charge in [-0.2, -0.15) is 0 Å². The lowest BCUT2D eigenvalue weighted by Gasteiger charge is -2.19. The van der Waals surface area contributed by atoms with Crippen molar-refractivity contribution in [3.63, 3.8) is 0 Å². The SMILES string of the molecule is COc1ncc(O[C@H](C)c2c(Cl)ccc(F)c2Cl)cc1C(=O)Nc1ccc2c(c1)CN(CCN(C)C)C2=O. The highest BCUT2D eigenvalue weighted by Gasteiger charge is 2.28. The van der Waals surface area contributed by atoms with Gasteiger partial charge in [0, 0.05) is 41.5 Å². The molecule has 0 radical (unpaired) electrons. The summed E-state index contributed by atoms with van der Waals surface area (Å²) in [5, 5.41) is 2.95. The Morgan fingerprint density at radius 2 is 2.00 bits per heavy atom. The Morgan fingerprint density at radius 3 is 2.71 bits per heavy atom. The van der Waals surface area contributed by atoms with Crippen molar-refractivity contribution < 1.29 is 23.5 Å². The smallest absolute Gasteiger partial charge is 0.261 e. The summed E-state index contributed by atoms with van der Waals surface area (Å²) in [6, 6.07) is 9.23. The maximum atomic E-state index is 14.0. The Kier molecular flexibility index (Phi) is 8.40. The number of nitrogens with one attached hydrogen (secondary N) is 1. The van der Waals surface area contributed by atoms with E-state index in [-0.39, 0.29) is 38.7 Å². The van der Waals surface area contributed by atoms with E-state index in [1.165, 1.54) is 31.5 Å². The third-order valence-corrected chi connectivity index (χ3v) is 6.84. The van der Waals surface area contributed by atoms with Crippen molar-refractivity contribution in [2.24, 2.45) is 0 Å². The lowest BCUT2D eigenvalue weighted by molar-refractivity contribution is 0.0768. The largest absolute Gasteiger partial charge is 0.484 e. The van der Waals surface area contributed by atoms with Gasteiger partial charge in [0.15, 0.2) is 0 Å². The monoisotopic (exact) mass is 560 g/mol. The van der Waals surface area contributed by atoms with E-state index < -0.39 is 17.8 Å². The van der Waals surface area contributed by atoms with Crippen molar-refractivity contribution in [2.75, 3.05) is 39.6 Å². The van der Waals surface area contributed by atoms with Crippen LogP contribution in [0.25, 0.3) is 0 Å². The summed E-state index contributed by atoms with van der Waals surface area (Å²) >= 11 is 12.3. The average molecular weight is 561 g/mol. The number of hydrogen-bond donors (Lipinski definition) is 1. The second kappa shape index (κ2) is 11.6. The molecule has 1 atom stereocenters. The van der Waals surface area contributed by atoms with Gasteiger partial charge in [0.05, 0.1) is 18.3 Å². The number of carbonyl (C=O) groups is 2. The zero-order valence-electron chi connectivity index (χ0n) is 21.3. The van der Waals surface area contributed by atoms with E-state index in [1.54, 1.807) is 30.0 Å². The van der Waals surface area contributed by atoms with Crippen molar-refractivity contribution >= 4 is 40.7 Å². The van der Waals surface area contributed by atoms with E-state index in [0.29, 0.717) is 24.3 Å². The summed E-state index contributed by atoms with van der Waals surface area (Å²) in [5.41, 5.74) is 2.39. The molecule has 11 heteroatoms. The Balaban J connectivity index is 1.52. The summed E-state index contributed by atoms with van der Waals surface area (Å²) in [6.45, 7) is 3.50. The van der Waals surface area contributed by atoms with Crippen molar-refractivity contribution in [3.8, 4) is 11.6 Å². The molecule has 3 aromatic rings. The van der Waals surface area contributed by atoms with Crippen LogP contribution in [0.3, 0.4) is 0 Å². The zero-order chi connectivity index (χ0) is 27.6. The molecule has 0 saturated heterocycles. The number of ether oxygens (including phenoxy) is 2. The molecule has 200 valence electrons. The zero-order valence-corrected chi connectivity index (χ0v) is 22.9. The highest BCUT2D eigenvalue weighted by Crippen LogP contribution is 2.35. The van der Waals surface area contributed by atoms with Crippen LogP contribution < -0.4 is 14.8 Å². The number of fused-ring (bicyclic) bond motifs is 1. The van der Waals surface area contributed by atoms with Crippen LogP contribution >= 0.6 is 23.2 Å². The van der Waals surface area contributed by atoms with Crippen LogP contribution in [0.1, 0.15) is 44.9 Å². The first-order valence-electron chi connectivity index (χ1n) is 11.8. The van der Waals surface area contributed by atoms with Crippen LogP contribution in [0.2, 0.25) is 10.0 Å². The number of likely N-dealkylation sites (N-methyl/N-ethyl adjacent to an activating group) is 1. The summed E-state index contributed by atoms with van der Waals surface area (Å²) < 4.78 is 25.2. The van der Waals surface area contributed by atoms with Gasteiger partial charge in [-0.05, 0) is 63.0 Å². The van der Waals surface area contributed by atoms with Crippen LogP contribution in [0.4, 0.5) is 10.1 Å². The maximum absolute atomic E-state index is 14.0. The predicted molar refractivity (Wildman–Crippen MR) is 144 cm³/mol. The molecule has 0 bridgehead atoms. The predicted octanol–water partition coefficient (Wildman–Crippen LogP) is 5.45. The number of rotatable bonds is 9. The van der Waals surface area contributed by atoms with Crippen molar-refractivity contribution in [2.45, 2.75) is 19.6 Å². The second-order valence-corrected chi connectivity index (χ2v) is 9.89. The minimum atomic E-state index is -0.735. The van der Waals surface area contributed by atoms with Crippen LogP contribution in [-0.2, 0) is 6.54 Å². The van der Waals surface area contributed by atoms with E-state index in [2.05, 4.69) is 10.3 Å². The number of methoxy groups -OCH3 is 1. The van der Waals surface area contributed by atoms with E-state index >= 15 is 0 Å². The molecule has 1 aliphatic rings. The molecule has 38 heavy (non-hydrogen) atoms. The van der Waals surface area contributed by atoms with Crippen LogP contribution in [0.15, 0.2) is 42.6 Å². The Bertz CT molecular complexity index is 1390. The molecular formula is C27H27Cl2FN4O4. The lowest BCUT2D eigenvalue weighted by Crippen LogP contribution is -2.31. The average Bonchev–Trinajstić information content (AvgIpc) is 3.19. The number of hydrogen-bond acceptors (Lipinski definition) is 6. The molecule has 1 aromatic heterocycles. The van der Waals surface area contributed by atoms with Gasteiger partial charge in [0.1, 0.15) is 23.2 Å². The van der Waals surface area contributed by atoms with Gasteiger partial charge in [-0.15, -0.1) is 0 Å². The fraction of sp³-hybridized carbons (Fsp3) is 0.296. The molecular weight excluding hydrogens is 534 g/mol. The number of anilines is 1. The van der Waals surface area contributed by atoms with Gasteiger partial charge < -0.3 is 24.6 Å². The molecule has 0 unspecified atom stereocenters. The molecule has 2 aromatic carbocycles. The number of pyridine rings is 1. The molecule has 4 rings (SSSR count). The molecule has 1 aliphatic heterocycles. The minimum Gasteiger partial charge on any atom is -0.484 e. The van der Waals surface area contributed by atoms with Gasteiger partial charge in [-0.1, -0.05) is 23.2 Å². The summed E-state index contributed by atoms with van der Waals surface area (Å²) in [6.07, 6.45) is 0.651. The van der Waals surface area contributed by atoms with Gasteiger partial charge in [-0.25, -0.2) is 9.37 Å². The maximum Gasteiger partial charge on any atom is 0.261 e. The molecule has 0 spiro atoms. The first-order valence-corrected chi connectivity index (χ1v) is 12.6. The van der Waals surface area contributed by atoms with Gasteiger partial charge in [0.2, 0.25) is 5.88 Å². The normalized spacial score (nSPS) is 13.5. The Labute approximate surface area is 230 Å². The minimum absolute atomic E-state index is 0.0249.